The molecule has 1 aromatic rings. The van der Waals surface area contributed by atoms with Crippen LogP contribution in [-0.2, 0) is 11.3 Å². The topological polar surface area (TPSA) is 37.6 Å². The Hall–Kier alpha value is -0.840. The van der Waals surface area contributed by atoms with Gasteiger partial charge in [0, 0.05) is 19.6 Å². The number of rotatable bonds is 4. The normalized spacial score (nSPS) is 22.5. The van der Waals surface area contributed by atoms with Crippen molar-refractivity contribution in [3.05, 3.63) is 23.7 Å². The second-order valence-electron chi connectivity index (χ2n) is 4.40. The number of nitrogens with one attached hydrogen (secondary N) is 1. The van der Waals surface area contributed by atoms with Gasteiger partial charge in [0.05, 0.1) is 19.3 Å². The van der Waals surface area contributed by atoms with E-state index in [-0.39, 0.29) is 0 Å². The second-order valence-corrected chi connectivity index (χ2v) is 4.40. The van der Waals surface area contributed by atoms with Gasteiger partial charge < -0.3 is 19.4 Å². The van der Waals surface area contributed by atoms with Gasteiger partial charge in [-0.1, -0.05) is 0 Å². The second kappa shape index (κ2) is 5.48. The van der Waals surface area contributed by atoms with E-state index in [0.29, 0.717) is 6.10 Å². The van der Waals surface area contributed by atoms with E-state index in [1.165, 1.54) is 0 Å². The van der Waals surface area contributed by atoms with Crippen LogP contribution in [0, 0.1) is 6.92 Å². The van der Waals surface area contributed by atoms with Crippen molar-refractivity contribution in [3.8, 4) is 0 Å². The number of nitrogens with zero attached hydrogens (tertiary/aromatic N) is 1. The summed E-state index contributed by atoms with van der Waals surface area (Å²) in [6.07, 6.45) is 0.301. The van der Waals surface area contributed by atoms with Crippen molar-refractivity contribution in [2.75, 3.05) is 33.3 Å². The lowest BCUT2D eigenvalue weighted by atomic mass is 10.3. The Morgan fingerprint density at radius 2 is 2.38 bits per heavy atom. The molecule has 1 atom stereocenters. The van der Waals surface area contributed by atoms with E-state index in [1.54, 1.807) is 0 Å². The van der Waals surface area contributed by atoms with Crippen LogP contribution in [0.25, 0.3) is 0 Å². The maximum Gasteiger partial charge on any atom is 0.117 e. The first-order valence-corrected chi connectivity index (χ1v) is 5.80. The highest BCUT2D eigenvalue weighted by atomic mass is 16.5. The van der Waals surface area contributed by atoms with Gasteiger partial charge in [0.1, 0.15) is 11.5 Å². The lowest BCUT2D eigenvalue weighted by Gasteiger charge is -2.30. The van der Waals surface area contributed by atoms with E-state index < -0.39 is 0 Å². The smallest absolute Gasteiger partial charge is 0.117 e. The summed E-state index contributed by atoms with van der Waals surface area (Å²) in [4.78, 5) is 2.30. The molecule has 1 unspecified atom stereocenters. The Bertz CT molecular complexity index is 325. The van der Waals surface area contributed by atoms with E-state index >= 15 is 0 Å². The zero-order valence-electron chi connectivity index (χ0n) is 10.0. The summed E-state index contributed by atoms with van der Waals surface area (Å²) in [6, 6.07) is 4.00. The average Bonchev–Trinajstić information content (AvgIpc) is 2.64. The van der Waals surface area contributed by atoms with Gasteiger partial charge in [-0.25, -0.2) is 0 Å². The fraction of sp³-hybridized carbons (Fsp3) is 0.667. The maximum atomic E-state index is 5.66. The number of furan rings is 1. The van der Waals surface area contributed by atoms with Crippen molar-refractivity contribution in [1.29, 1.82) is 0 Å². The number of ether oxygens (including phenoxy) is 1. The van der Waals surface area contributed by atoms with Crippen LogP contribution in [0.15, 0.2) is 16.5 Å². The molecule has 1 aromatic heterocycles. The minimum atomic E-state index is 0.301. The molecule has 0 radical (unpaired) electrons. The number of morpholine rings is 1. The molecule has 1 aliphatic rings. The van der Waals surface area contributed by atoms with Crippen LogP contribution in [0.3, 0.4) is 0 Å². The van der Waals surface area contributed by atoms with Crippen LogP contribution in [-0.4, -0.2) is 44.3 Å². The number of hydrogen-bond donors (Lipinski definition) is 1. The molecule has 1 saturated heterocycles. The monoisotopic (exact) mass is 224 g/mol. The molecule has 0 aliphatic carbocycles. The van der Waals surface area contributed by atoms with Crippen molar-refractivity contribution in [3.63, 3.8) is 0 Å². The zero-order chi connectivity index (χ0) is 11.4. The van der Waals surface area contributed by atoms with E-state index in [4.69, 9.17) is 9.15 Å². The first-order valence-electron chi connectivity index (χ1n) is 5.80. The SMILES string of the molecule is Cc1ccc(CNCC2CN(C)CCO2)o1. The predicted octanol–water partition coefficient (Wildman–Crippen LogP) is 1.01. The summed E-state index contributed by atoms with van der Waals surface area (Å²) < 4.78 is 11.1. The molecule has 90 valence electrons. The predicted molar refractivity (Wildman–Crippen MR) is 62.4 cm³/mol. The molecule has 2 rings (SSSR count). The highest BCUT2D eigenvalue weighted by Gasteiger charge is 2.16. The molecule has 16 heavy (non-hydrogen) atoms. The Kier molecular flexibility index (Phi) is 3.98. The molecule has 0 amide bonds. The summed E-state index contributed by atoms with van der Waals surface area (Å²) in [5, 5.41) is 3.36. The minimum Gasteiger partial charge on any atom is -0.465 e. The van der Waals surface area contributed by atoms with Gasteiger partial charge in [-0.15, -0.1) is 0 Å². The van der Waals surface area contributed by atoms with Crippen molar-refractivity contribution < 1.29 is 9.15 Å². The number of likely N-dealkylation sites (N-methyl/N-ethyl adjacent to an activating group) is 1. The molecule has 0 aromatic carbocycles. The molecule has 4 nitrogen and oxygen atoms in total. The Morgan fingerprint density at radius 1 is 1.50 bits per heavy atom. The van der Waals surface area contributed by atoms with E-state index in [9.17, 15) is 0 Å². The average molecular weight is 224 g/mol. The fourth-order valence-electron chi connectivity index (χ4n) is 1.93. The third-order valence-corrected chi connectivity index (χ3v) is 2.81. The van der Waals surface area contributed by atoms with E-state index in [1.807, 2.05) is 19.1 Å². The Labute approximate surface area is 96.6 Å². The lowest BCUT2D eigenvalue weighted by Crippen LogP contribution is -2.44. The number of aryl methyl sites for hydroxylation is 1. The zero-order valence-corrected chi connectivity index (χ0v) is 10.0. The molecular weight excluding hydrogens is 204 g/mol. The summed E-state index contributed by atoms with van der Waals surface area (Å²) in [6.45, 7) is 6.49. The molecule has 4 heteroatoms. The summed E-state index contributed by atoms with van der Waals surface area (Å²) in [7, 11) is 2.13. The van der Waals surface area contributed by atoms with Gasteiger partial charge in [-0.3, -0.25) is 0 Å². The van der Waals surface area contributed by atoms with Crippen LogP contribution >= 0.6 is 0 Å². The van der Waals surface area contributed by atoms with Crippen LogP contribution in [0.2, 0.25) is 0 Å². The highest BCUT2D eigenvalue weighted by Crippen LogP contribution is 2.06. The van der Waals surface area contributed by atoms with Gasteiger partial charge in [0.25, 0.3) is 0 Å². The van der Waals surface area contributed by atoms with Crippen molar-refractivity contribution >= 4 is 0 Å². The quantitative estimate of drug-likeness (QED) is 0.828. The van der Waals surface area contributed by atoms with E-state index in [2.05, 4.69) is 17.3 Å². The maximum absolute atomic E-state index is 5.66. The van der Waals surface area contributed by atoms with Crippen molar-refractivity contribution in [2.24, 2.45) is 0 Å². The molecule has 0 spiro atoms. The Balaban J connectivity index is 1.67. The van der Waals surface area contributed by atoms with Gasteiger partial charge in [-0.05, 0) is 26.1 Å². The fourth-order valence-corrected chi connectivity index (χ4v) is 1.93. The standard InChI is InChI=1S/C12H20N2O2/c1-10-3-4-11(16-10)7-13-8-12-9-14(2)5-6-15-12/h3-4,12-13H,5-9H2,1-2H3. The molecule has 1 N–H and O–H groups in total. The van der Waals surface area contributed by atoms with Crippen LogP contribution in [0.1, 0.15) is 11.5 Å². The van der Waals surface area contributed by atoms with Crippen LogP contribution in [0.4, 0.5) is 0 Å². The van der Waals surface area contributed by atoms with Crippen LogP contribution in [0.5, 0.6) is 0 Å². The first-order chi connectivity index (χ1) is 7.74. The molecule has 1 fully saturated rings. The molecule has 0 bridgehead atoms. The highest BCUT2D eigenvalue weighted by molar-refractivity contribution is 5.05. The van der Waals surface area contributed by atoms with Crippen LogP contribution < -0.4 is 5.32 Å². The minimum absolute atomic E-state index is 0.301. The van der Waals surface area contributed by atoms with Crippen molar-refractivity contribution in [2.45, 2.75) is 19.6 Å². The summed E-state index contributed by atoms with van der Waals surface area (Å²) in [5.74, 6) is 1.95. The summed E-state index contributed by atoms with van der Waals surface area (Å²) in [5.41, 5.74) is 0. The largest absolute Gasteiger partial charge is 0.465 e. The lowest BCUT2D eigenvalue weighted by molar-refractivity contribution is -0.0183. The van der Waals surface area contributed by atoms with Gasteiger partial charge in [0.2, 0.25) is 0 Å². The van der Waals surface area contributed by atoms with Gasteiger partial charge in [-0.2, -0.15) is 0 Å². The number of hydrogen-bond acceptors (Lipinski definition) is 4. The molecular formula is C12H20N2O2. The van der Waals surface area contributed by atoms with E-state index in [0.717, 1.165) is 44.3 Å². The Morgan fingerprint density at radius 3 is 3.06 bits per heavy atom. The van der Waals surface area contributed by atoms with Crippen molar-refractivity contribution in [1.82, 2.24) is 10.2 Å². The molecule has 1 aliphatic heterocycles. The molecule has 0 saturated carbocycles. The van der Waals surface area contributed by atoms with Gasteiger partial charge >= 0.3 is 0 Å². The first kappa shape index (κ1) is 11.6. The molecule has 2 heterocycles. The third-order valence-electron chi connectivity index (χ3n) is 2.81. The van der Waals surface area contributed by atoms with Gasteiger partial charge in [0.15, 0.2) is 0 Å². The third kappa shape index (κ3) is 3.33. The summed E-state index contributed by atoms with van der Waals surface area (Å²) >= 11 is 0.